The highest BCUT2D eigenvalue weighted by molar-refractivity contribution is 7.15. The molecular weight excluding hydrogens is 310 g/mol. The Labute approximate surface area is 123 Å². The number of alkyl halides is 1. The minimum absolute atomic E-state index is 0.0951. The van der Waals surface area contributed by atoms with Crippen LogP contribution in [0.2, 0.25) is 5.02 Å². The van der Waals surface area contributed by atoms with Gasteiger partial charge in [-0.05, 0) is 17.7 Å². The number of aromatic nitrogens is 1. The summed E-state index contributed by atoms with van der Waals surface area (Å²) in [7, 11) is 0. The fourth-order valence-electron chi connectivity index (χ4n) is 1.45. The van der Waals surface area contributed by atoms with Gasteiger partial charge in [-0.1, -0.05) is 17.7 Å². The van der Waals surface area contributed by atoms with Gasteiger partial charge in [0, 0.05) is 17.5 Å². The first kappa shape index (κ1) is 14.2. The van der Waals surface area contributed by atoms with Crippen molar-refractivity contribution in [3.63, 3.8) is 0 Å². The van der Waals surface area contributed by atoms with Gasteiger partial charge in [0.05, 0.1) is 5.02 Å². The van der Waals surface area contributed by atoms with Gasteiger partial charge in [0.1, 0.15) is 11.7 Å². The van der Waals surface area contributed by atoms with Crippen molar-refractivity contribution in [1.82, 2.24) is 4.98 Å². The van der Waals surface area contributed by atoms with E-state index in [1.165, 1.54) is 17.4 Å². The molecule has 0 unspecified atom stereocenters. The van der Waals surface area contributed by atoms with Crippen molar-refractivity contribution in [2.24, 2.45) is 0 Å². The van der Waals surface area contributed by atoms with Gasteiger partial charge in [-0.2, -0.15) is 0 Å². The number of nitrogens with zero attached hydrogens (tertiary/aromatic N) is 1. The molecule has 1 aromatic carbocycles. The van der Waals surface area contributed by atoms with Crippen LogP contribution < -0.4 is 5.32 Å². The van der Waals surface area contributed by atoms with E-state index in [-0.39, 0.29) is 16.8 Å². The quantitative estimate of drug-likeness (QED) is 0.873. The second-order valence-corrected chi connectivity index (χ2v) is 5.53. The van der Waals surface area contributed by atoms with Crippen LogP contribution in [0.1, 0.15) is 10.4 Å². The summed E-state index contributed by atoms with van der Waals surface area (Å²) in [5, 5.41) is 3.16. The first-order valence-electron chi connectivity index (χ1n) is 5.33. The van der Waals surface area contributed by atoms with E-state index in [1.807, 2.05) is 0 Å². The van der Waals surface area contributed by atoms with Crippen molar-refractivity contribution in [3.05, 3.63) is 45.7 Å². The minimum atomic E-state index is -0.440. The molecule has 0 aliphatic carbocycles. The van der Waals surface area contributed by atoms with Crippen molar-refractivity contribution >= 4 is 45.6 Å². The zero-order valence-electron chi connectivity index (χ0n) is 9.62. The van der Waals surface area contributed by atoms with E-state index in [9.17, 15) is 9.18 Å². The number of rotatable bonds is 4. The summed E-state index contributed by atoms with van der Waals surface area (Å²) in [6.45, 7) is 0. The molecule has 0 radical (unpaired) electrons. The zero-order valence-corrected chi connectivity index (χ0v) is 11.9. The number of hydrogen-bond acceptors (Lipinski definition) is 3. The van der Waals surface area contributed by atoms with Crippen LogP contribution in [0.15, 0.2) is 24.4 Å². The van der Waals surface area contributed by atoms with Crippen LogP contribution in [0.4, 0.5) is 9.52 Å². The van der Waals surface area contributed by atoms with Gasteiger partial charge in [0.2, 0.25) is 5.91 Å². The number of nitrogens with one attached hydrogen (secondary N) is 1. The zero-order chi connectivity index (χ0) is 13.8. The van der Waals surface area contributed by atoms with Crippen molar-refractivity contribution in [1.29, 1.82) is 0 Å². The molecule has 1 aromatic heterocycles. The van der Waals surface area contributed by atoms with Gasteiger partial charge in [-0.3, -0.25) is 4.79 Å². The SMILES string of the molecule is O=C(CCl)Nc1ncc(Cc2ccc(F)c(Cl)c2)s1. The molecular formula is C12H9Cl2FN2OS. The predicted molar refractivity (Wildman–Crippen MR) is 75.7 cm³/mol. The fraction of sp³-hybridized carbons (Fsp3) is 0.167. The summed E-state index contributed by atoms with van der Waals surface area (Å²) < 4.78 is 13.0. The summed E-state index contributed by atoms with van der Waals surface area (Å²) in [5.41, 5.74) is 0.880. The van der Waals surface area contributed by atoms with E-state index < -0.39 is 5.82 Å². The summed E-state index contributed by atoms with van der Waals surface area (Å²) >= 11 is 12.4. The van der Waals surface area contributed by atoms with Crippen LogP contribution in [0.25, 0.3) is 0 Å². The molecule has 19 heavy (non-hydrogen) atoms. The molecule has 100 valence electrons. The summed E-state index contributed by atoms with van der Waals surface area (Å²) in [5.74, 6) is -0.847. The number of carbonyl (C=O) groups is 1. The number of anilines is 1. The Kier molecular flexibility index (Phi) is 4.74. The minimum Gasteiger partial charge on any atom is -0.301 e. The third-order valence-corrected chi connectivity index (χ3v) is 3.73. The Morgan fingerprint density at radius 3 is 2.95 bits per heavy atom. The molecule has 2 rings (SSSR count). The number of hydrogen-bond donors (Lipinski definition) is 1. The van der Waals surface area contributed by atoms with Crippen molar-refractivity contribution in [2.75, 3.05) is 11.2 Å². The normalized spacial score (nSPS) is 10.5. The highest BCUT2D eigenvalue weighted by atomic mass is 35.5. The third-order valence-electron chi connectivity index (χ3n) is 2.28. The highest BCUT2D eigenvalue weighted by Crippen LogP contribution is 2.23. The molecule has 0 aliphatic heterocycles. The van der Waals surface area contributed by atoms with Gasteiger partial charge in [0.15, 0.2) is 5.13 Å². The Morgan fingerprint density at radius 2 is 2.26 bits per heavy atom. The van der Waals surface area contributed by atoms with Crippen LogP contribution >= 0.6 is 34.5 Å². The summed E-state index contributed by atoms with van der Waals surface area (Å²) in [6, 6.07) is 4.57. The highest BCUT2D eigenvalue weighted by Gasteiger charge is 2.07. The molecule has 1 N–H and O–H groups in total. The lowest BCUT2D eigenvalue weighted by atomic mass is 10.1. The van der Waals surface area contributed by atoms with Crippen LogP contribution in [-0.2, 0) is 11.2 Å². The lowest BCUT2D eigenvalue weighted by molar-refractivity contribution is -0.113. The largest absolute Gasteiger partial charge is 0.301 e. The molecule has 2 aromatic rings. The molecule has 0 saturated carbocycles. The van der Waals surface area contributed by atoms with Crippen LogP contribution in [0.5, 0.6) is 0 Å². The maximum absolute atomic E-state index is 13.0. The van der Waals surface area contributed by atoms with Crippen molar-refractivity contribution in [3.8, 4) is 0 Å². The van der Waals surface area contributed by atoms with E-state index in [0.717, 1.165) is 10.4 Å². The molecule has 3 nitrogen and oxygen atoms in total. The molecule has 1 amide bonds. The first-order valence-corrected chi connectivity index (χ1v) is 7.06. The van der Waals surface area contributed by atoms with E-state index in [1.54, 1.807) is 18.3 Å². The van der Waals surface area contributed by atoms with E-state index in [2.05, 4.69) is 10.3 Å². The average Bonchev–Trinajstić information content (AvgIpc) is 2.81. The standard InChI is InChI=1S/C12H9Cl2FN2OS/c13-5-11(18)17-12-16-6-8(19-12)3-7-1-2-10(15)9(14)4-7/h1-2,4,6H,3,5H2,(H,16,17,18). The van der Waals surface area contributed by atoms with Gasteiger partial charge in [-0.15, -0.1) is 22.9 Å². The number of carbonyl (C=O) groups excluding carboxylic acids is 1. The summed E-state index contributed by atoms with van der Waals surface area (Å²) in [4.78, 5) is 16.1. The van der Waals surface area contributed by atoms with Crippen molar-refractivity contribution in [2.45, 2.75) is 6.42 Å². The van der Waals surface area contributed by atoms with Crippen molar-refractivity contribution < 1.29 is 9.18 Å². The molecule has 0 bridgehead atoms. The number of thiazole rings is 1. The second kappa shape index (κ2) is 6.32. The maximum atomic E-state index is 13.0. The molecule has 0 aliphatic rings. The molecule has 0 fully saturated rings. The lowest BCUT2D eigenvalue weighted by Gasteiger charge is -2.00. The Hall–Kier alpha value is -1.17. The lowest BCUT2D eigenvalue weighted by Crippen LogP contribution is -2.11. The maximum Gasteiger partial charge on any atom is 0.241 e. The number of benzene rings is 1. The van der Waals surface area contributed by atoms with Gasteiger partial charge >= 0.3 is 0 Å². The monoisotopic (exact) mass is 318 g/mol. The third kappa shape index (κ3) is 3.89. The predicted octanol–water partition coefficient (Wildman–Crippen LogP) is 3.70. The van der Waals surface area contributed by atoms with Gasteiger partial charge in [-0.25, -0.2) is 9.37 Å². The molecule has 7 heteroatoms. The topological polar surface area (TPSA) is 42.0 Å². The Balaban J connectivity index is 2.07. The first-order chi connectivity index (χ1) is 9.08. The Bertz CT molecular complexity index is 603. The average molecular weight is 319 g/mol. The molecule has 0 atom stereocenters. The molecule has 1 heterocycles. The van der Waals surface area contributed by atoms with Crippen LogP contribution in [0.3, 0.4) is 0 Å². The molecule has 0 saturated heterocycles. The van der Waals surface area contributed by atoms with Gasteiger partial charge < -0.3 is 5.32 Å². The smallest absolute Gasteiger partial charge is 0.241 e. The van der Waals surface area contributed by atoms with Crippen LogP contribution in [-0.4, -0.2) is 16.8 Å². The van der Waals surface area contributed by atoms with E-state index >= 15 is 0 Å². The van der Waals surface area contributed by atoms with E-state index in [4.69, 9.17) is 23.2 Å². The fourth-order valence-corrected chi connectivity index (χ4v) is 2.58. The van der Waals surface area contributed by atoms with Gasteiger partial charge in [0.25, 0.3) is 0 Å². The Morgan fingerprint density at radius 1 is 1.47 bits per heavy atom. The summed E-state index contributed by atoms with van der Waals surface area (Å²) in [6.07, 6.45) is 2.24. The second-order valence-electron chi connectivity index (χ2n) is 3.74. The molecule has 0 spiro atoms. The van der Waals surface area contributed by atoms with Crippen LogP contribution in [0, 0.1) is 5.82 Å². The number of halogens is 3. The van der Waals surface area contributed by atoms with E-state index in [0.29, 0.717) is 11.6 Å². The number of amides is 1.